The summed E-state index contributed by atoms with van der Waals surface area (Å²) < 4.78 is 0. The number of carbonyl (C=O) groups is 1. The van der Waals surface area contributed by atoms with Crippen LogP contribution in [0.5, 0.6) is 5.75 Å². The van der Waals surface area contributed by atoms with Crippen LogP contribution >= 0.6 is 0 Å². The van der Waals surface area contributed by atoms with Crippen LogP contribution in [0.1, 0.15) is 33.9 Å². The Morgan fingerprint density at radius 2 is 1.96 bits per heavy atom. The van der Waals surface area contributed by atoms with Crippen LogP contribution in [0, 0.1) is 12.3 Å². The van der Waals surface area contributed by atoms with E-state index in [-0.39, 0.29) is 5.56 Å². The fourth-order valence-electron chi connectivity index (χ4n) is 2.59. The Morgan fingerprint density at radius 1 is 1.26 bits per heavy atom. The molecule has 1 aliphatic rings. The van der Waals surface area contributed by atoms with Crippen LogP contribution in [-0.4, -0.2) is 17.6 Å². The molecule has 2 aromatic carbocycles. The number of aryl methyl sites for hydroxylation is 1. The van der Waals surface area contributed by atoms with Gasteiger partial charge in [-0.2, -0.15) is 0 Å². The number of hydrogen-bond donors (Lipinski definition) is 2. The number of carboxylic acids is 1. The summed E-state index contributed by atoms with van der Waals surface area (Å²) in [6.45, 7) is 0.666. The zero-order valence-corrected chi connectivity index (χ0v) is 12.7. The second-order valence-electron chi connectivity index (χ2n) is 5.18. The number of carboxylic acid groups (broad SMARTS) is 1. The zero-order valence-electron chi connectivity index (χ0n) is 12.7. The van der Waals surface area contributed by atoms with E-state index in [0.29, 0.717) is 12.6 Å². The highest BCUT2D eigenvalue weighted by Gasteiger charge is 2.20. The molecule has 1 atom stereocenters. The fourth-order valence-corrected chi connectivity index (χ4v) is 2.59. The van der Waals surface area contributed by atoms with Gasteiger partial charge in [-0.3, -0.25) is 5.32 Å². The van der Waals surface area contributed by atoms with E-state index < -0.39 is 11.7 Å². The Labute approximate surface area is 135 Å². The van der Waals surface area contributed by atoms with Gasteiger partial charge in [0.05, 0.1) is 12.1 Å². The number of hydrogen-bond acceptors (Lipinski definition) is 3. The molecule has 2 N–H and O–H groups in total. The third kappa shape index (κ3) is 4.35. The summed E-state index contributed by atoms with van der Waals surface area (Å²) in [6, 6.07) is 14.6. The minimum atomic E-state index is -1.18. The van der Waals surface area contributed by atoms with Crippen molar-refractivity contribution in [2.45, 2.75) is 18.9 Å². The van der Waals surface area contributed by atoms with Gasteiger partial charge in [-0.1, -0.05) is 54.1 Å². The second-order valence-corrected chi connectivity index (χ2v) is 5.18. The molecule has 0 heterocycles. The SMILES string of the molecule is C#CCN[C@@H]1CCc2ccccc21.O=C(O)c1ccccc1[O-]. The van der Waals surface area contributed by atoms with Crippen molar-refractivity contribution < 1.29 is 15.0 Å². The molecule has 0 bridgehead atoms. The Bertz CT molecular complexity index is 719. The monoisotopic (exact) mass is 308 g/mol. The number of terminal acetylenes is 1. The summed E-state index contributed by atoms with van der Waals surface area (Å²) in [5.74, 6) is 0.990. The molecule has 2 aromatic rings. The average Bonchev–Trinajstić information content (AvgIpc) is 2.97. The van der Waals surface area contributed by atoms with Crippen molar-refractivity contribution >= 4 is 5.97 Å². The van der Waals surface area contributed by atoms with E-state index in [1.807, 2.05) is 0 Å². The van der Waals surface area contributed by atoms with Gasteiger partial charge >= 0.3 is 5.97 Å². The lowest BCUT2D eigenvalue weighted by Gasteiger charge is -2.10. The van der Waals surface area contributed by atoms with Crippen molar-refractivity contribution in [1.82, 2.24) is 5.32 Å². The molecule has 0 unspecified atom stereocenters. The second kappa shape index (κ2) is 8.02. The largest absolute Gasteiger partial charge is 0.872 e. The molecule has 4 heteroatoms. The molecular formula is C19H18NO3-. The van der Waals surface area contributed by atoms with Crippen LogP contribution in [0.3, 0.4) is 0 Å². The summed E-state index contributed by atoms with van der Waals surface area (Å²) in [4.78, 5) is 10.2. The Balaban J connectivity index is 0.000000174. The topological polar surface area (TPSA) is 72.4 Å². The molecule has 0 aromatic heterocycles. The molecule has 0 aliphatic heterocycles. The molecule has 118 valence electrons. The van der Waals surface area contributed by atoms with E-state index in [0.717, 1.165) is 0 Å². The van der Waals surface area contributed by atoms with E-state index in [1.165, 1.54) is 48.2 Å². The van der Waals surface area contributed by atoms with Gasteiger partial charge in [0.25, 0.3) is 0 Å². The number of benzene rings is 2. The molecule has 0 radical (unpaired) electrons. The number of rotatable bonds is 3. The molecule has 0 saturated heterocycles. The number of aromatic carboxylic acids is 1. The summed E-state index contributed by atoms with van der Waals surface area (Å²) in [6.07, 6.45) is 7.57. The smallest absolute Gasteiger partial charge is 0.335 e. The third-order valence-corrected chi connectivity index (χ3v) is 3.70. The van der Waals surface area contributed by atoms with E-state index >= 15 is 0 Å². The maximum absolute atomic E-state index is 10.7. The lowest BCUT2D eigenvalue weighted by atomic mass is 10.1. The molecule has 23 heavy (non-hydrogen) atoms. The van der Waals surface area contributed by atoms with Crippen LogP contribution < -0.4 is 10.4 Å². The van der Waals surface area contributed by atoms with Gasteiger partial charge in [-0.25, -0.2) is 4.79 Å². The van der Waals surface area contributed by atoms with Crippen molar-refractivity contribution in [3.8, 4) is 18.1 Å². The minimum absolute atomic E-state index is 0.178. The number of nitrogens with one attached hydrogen (secondary N) is 1. The highest BCUT2D eigenvalue weighted by molar-refractivity contribution is 5.90. The summed E-state index contributed by atoms with van der Waals surface area (Å²) in [5, 5.41) is 22.4. The maximum Gasteiger partial charge on any atom is 0.335 e. The lowest BCUT2D eigenvalue weighted by molar-refractivity contribution is -0.268. The van der Waals surface area contributed by atoms with Crippen LogP contribution in [0.2, 0.25) is 0 Å². The Morgan fingerprint density at radius 3 is 2.61 bits per heavy atom. The fraction of sp³-hybridized carbons (Fsp3) is 0.211. The Kier molecular flexibility index (Phi) is 5.79. The third-order valence-electron chi connectivity index (χ3n) is 3.70. The molecule has 1 aliphatic carbocycles. The molecule has 3 rings (SSSR count). The quantitative estimate of drug-likeness (QED) is 0.854. The standard InChI is InChI=1S/C12H13N.C7H6O3/c1-2-9-13-12-8-7-10-5-3-4-6-11(10)12;8-6-4-2-1-3-5(6)7(9)10/h1,3-6,12-13H,7-9H2;1-4,8H,(H,9,10)/p-1/t12-;/m1./s1. The van der Waals surface area contributed by atoms with Crippen molar-refractivity contribution in [3.05, 3.63) is 65.2 Å². The molecule has 0 saturated carbocycles. The van der Waals surface area contributed by atoms with Crippen molar-refractivity contribution in [3.63, 3.8) is 0 Å². The summed E-state index contributed by atoms with van der Waals surface area (Å²) >= 11 is 0. The summed E-state index contributed by atoms with van der Waals surface area (Å²) in [7, 11) is 0. The molecule has 4 nitrogen and oxygen atoms in total. The number of para-hydroxylation sites is 1. The van der Waals surface area contributed by atoms with Gasteiger partial charge < -0.3 is 10.2 Å². The summed E-state index contributed by atoms with van der Waals surface area (Å²) in [5.41, 5.74) is 2.72. The van der Waals surface area contributed by atoms with E-state index in [9.17, 15) is 9.90 Å². The maximum atomic E-state index is 10.7. The Hall–Kier alpha value is -2.77. The highest BCUT2D eigenvalue weighted by atomic mass is 16.4. The molecular weight excluding hydrogens is 290 g/mol. The van der Waals surface area contributed by atoms with E-state index in [1.54, 1.807) is 0 Å². The lowest BCUT2D eigenvalue weighted by Crippen LogP contribution is -2.19. The average molecular weight is 308 g/mol. The molecule has 0 amide bonds. The van der Waals surface area contributed by atoms with Crippen molar-refractivity contribution in [1.29, 1.82) is 0 Å². The van der Waals surface area contributed by atoms with E-state index in [4.69, 9.17) is 11.5 Å². The normalized spacial score (nSPS) is 15.0. The van der Waals surface area contributed by atoms with Gasteiger partial charge in [0.15, 0.2) is 0 Å². The zero-order chi connectivity index (χ0) is 16.7. The van der Waals surface area contributed by atoms with Gasteiger partial charge in [0, 0.05) is 6.04 Å². The van der Waals surface area contributed by atoms with E-state index in [2.05, 4.69) is 35.5 Å². The first-order valence-corrected chi connectivity index (χ1v) is 7.37. The van der Waals surface area contributed by atoms with Crippen LogP contribution in [0.25, 0.3) is 0 Å². The van der Waals surface area contributed by atoms with Crippen LogP contribution in [0.4, 0.5) is 0 Å². The van der Waals surface area contributed by atoms with Crippen LogP contribution in [-0.2, 0) is 6.42 Å². The van der Waals surface area contributed by atoms with Crippen molar-refractivity contribution in [2.75, 3.05) is 6.54 Å². The predicted octanol–water partition coefficient (Wildman–Crippen LogP) is 2.36. The van der Waals surface area contributed by atoms with Gasteiger partial charge in [0.2, 0.25) is 0 Å². The highest BCUT2D eigenvalue weighted by Crippen LogP contribution is 2.30. The predicted molar refractivity (Wildman–Crippen MR) is 87.2 cm³/mol. The van der Waals surface area contributed by atoms with Gasteiger partial charge in [-0.15, -0.1) is 6.42 Å². The van der Waals surface area contributed by atoms with Crippen molar-refractivity contribution in [2.24, 2.45) is 0 Å². The van der Waals surface area contributed by atoms with Gasteiger partial charge in [-0.05, 0) is 30.0 Å². The first-order chi connectivity index (χ1) is 11.1. The molecule has 0 spiro atoms. The first-order valence-electron chi connectivity index (χ1n) is 7.37. The van der Waals surface area contributed by atoms with Gasteiger partial charge in [0.1, 0.15) is 0 Å². The first kappa shape index (κ1) is 16.6. The minimum Gasteiger partial charge on any atom is -0.872 e. The molecule has 0 fully saturated rings. The number of fused-ring (bicyclic) bond motifs is 1. The van der Waals surface area contributed by atoms with Crippen LogP contribution in [0.15, 0.2) is 48.5 Å².